The molecule has 11 heavy (non-hydrogen) atoms. The molecule has 1 heterocycles. The summed E-state index contributed by atoms with van der Waals surface area (Å²) >= 11 is 0. The predicted molar refractivity (Wildman–Crippen MR) is 40.0 cm³/mol. The van der Waals surface area contributed by atoms with Gasteiger partial charge in [-0.05, 0) is 13.3 Å². The van der Waals surface area contributed by atoms with E-state index in [4.69, 9.17) is 4.42 Å². The lowest BCUT2D eigenvalue weighted by Crippen LogP contribution is -2.19. The highest BCUT2D eigenvalue weighted by molar-refractivity contribution is 4.88. The number of oxazole rings is 1. The molecule has 2 nitrogen and oxygen atoms in total. The molecule has 0 radical (unpaired) electrons. The molecular weight excluding hydrogens is 145 g/mol. The summed E-state index contributed by atoms with van der Waals surface area (Å²) in [4.78, 5) is 3.84. The number of alkyl halides is 1. The van der Waals surface area contributed by atoms with Crippen LogP contribution in [0.1, 0.15) is 26.2 Å². The van der Waals surface area contributed by atoms with Crippen molar-refractivity contribution in [2.75, 3.05) is 0 Å². The van der Waals surface area contributed by atoms with Gasteiger partial charge in [0.05, 0.1) is 12.6 Å². The molecule has 0 aliphatic heterocycles. The van der Waals surface area contributed by atoms with Crippen LogP contribution in [0.5, 0.6) is 0 Å². The van der Waals surface area contributed by atoms with Crippen molar-refractivity contribution < 1.29 is 8.81 Å². The minimum Gasteiger partial charge on any atom is -0.449 e. The lowest BCUT2D eigenvalue weighted by atomic mass is 10.0. The molecule has 0 N–H and O–H groups in total. The van der Waals surface area contributed by atoms with E-state index in [9.17, 15) is 4.39 Å². The average molecular weight is 157 g/mol. The second kappa shape index (κ2) is 3.03. The molecule has 1 aromatic heterocycles. The largest absolute Gasteiger partial charge is 0.449 e. The maximum atomic E-state index is 13.3. The molecule has 0 fully saturated rings. The van der Waals surface area contributed by atoms with Gasteiger partial charge in [-0.15, -0.1) is 0 Å². The summed E-state index contributed by atoms with van der Waals surface area (Å²) in [5.41, 5.74) is -1.19. The molecule has 62 valence electrons. The molecule has 3 heteroatoms. The maximum Gasteiger partial charge on any atom is 0.197 e. The first-order chi connectivity index (χ1) is 5.14. The van der Waals surface area contributed by atoms with Crippen molar-refractivity contribution in [3.8, 4) is 0 Å². The lowest BCUT2D eigenvalue weighted by molar-refractivity contribution is 0.170. The van der Waals surface area contributed by atoms with Crippen LogP contribution >= 0.6 is 0 Å². The van der Waals surface area contributed by atoms with Gasteiger partial charge >= 0.3 is 0 Å². The standard InChI is InChI=1S/C8H12FNO/c1-3-8(2,9)6-7-10-4-5-11-7/h4-5H,3,6H2,1-2H3. The van der Waals surface area contributed by atoms with Gasteiger partial charge in [0.25, 0.3) is 0 Å². The van der Waals surface area contributed by atoms with Gasteiger partial charge in [0.2, 0.25) is 0 Å². The zero-order valence-electron chi connectivity index (χ0n) is 6.80. The van der Waals surface area contributed by atoms with E-state index in [1.54, 1.807) is 6.92 Å². The van der Waals surface area contributed by atoms with Crippen LogP contribution < -0.4 is 0 Å². The fourth-order valence-electron chi connectivity index (χ4n) is 0.781. The van der Waals surface area contributed by atoms with Crippen molar-refractivity contribution in [2.45, 2.75) is 32.4 Å². The molecule has 0 aliphatic rings. The molecule has 0 aromatic carbocycles. The first-order valence-corrected chi connectivity index (χ1v) is 3.71. The molecule has 0 amide bonds. The van der Waals surface area contributed by atoms with Crippen LogP contribution in [0.2, 0.25) is 0 Å². The summed E-state index contributed by atoms with van der Waals surface area (Å²) in [5.74, 6) is 0.469. The van der Waals surface area contributed by atoms with Gasteiger partial charge < -0.3 is 4.42 Å². The summed E-state index contributed by atoms with van der Waals surface area (Å²) in [6.07, 6.45) is 3.73. The van der Waals surface area contributed by atoms with Crippen molar-refractivity contribution in [1.29, 1.82) is 0 Å². The van der Waals surface area contributed by atoms with E-state index in [0.717, 1.165) is 0 Å². The van der Waals surface area contributed by atoms with Crippen molar-refractivity contribution in [1.82, 2.24) is 4.98 Å². The maximum absolute atomic E-state index is 13.3. The highest BCUT2D eigenvalue weighted by atomic mass is 19.1. The van der Waals surface area contributed by atoms with Crippen LogP contribution in [-0.4, -0.2) is 10.7 Å². The van der Waals surface area contributed by atoms with Crippen LogP contribution in [0.4, 0.5) is 4.39 Å². The number of aromatic nitrogens is 1. The zero-order valence-corrected chi connectivity index (χ0v) is 6.80. The summed E-state index contributed by atoms with van der Waals surface area (Å²) in [7, 11) is 0. The normalized spacial score (nSPS) is 16.3. The summed E-state index contributed by atoms with van der Waals surface area (Å²) in [5, 5.41) is 0. The van der Waals surface area contributed by atoms with Gasteiger partial charge in [-0.1, -0.05) is 6.92 Å². The van der Waals surface area contributed by atoms with E-state index in [2.05, 4.69) is 4.98 Å². The molecule has 0 spiro atoms. The topological polar surface area (TPSA) is 26.0 Å². The summed E-state index contributed by atoms with van der Waals surface area (Å²) in [6, 6.07) is 0. The third-order valence-electron chi connectivity index (χ3n) is 1.74. The molecular formula is C8H12FNO. The number of nitrogens with zero attached hydrogens (tertiary/aromatic N) is 1. The molecule has 0 bridgehead atoms. The molecule has 0 saturated carbocycles. The summed E-state index contributed by atoms with van der Waals surface area (Å²) < 4.78 is 18.2. The average Bonchev–Trinajstić information content (AvgIpc) is 2.39. The molecule has 1 aromatic rings. The highest BCUT2D eigenvalue weighted by Crippen LogP contribution is 2.19. The Morgan fingerprint density at radius 1 is 1.73 bits per heavy atom. The quantitative estimate of drug-likeness (QED) is 0.673. The van der Waals surface area contributed by atoms with Gasteiger partial charge in [0, 0.05) is 0 Å². The number of hydrogen-bond acceptors (Lipinski definition) is 2. The fraction of sp³-hybridized carbons (Fsp3) is 0.625. The van der Waals surface area contributed by atoms with Crippen molar-refractivity contribution in [3.63, 3.8) is 0 Å². The Hall–Kier alpha value is -0.860. The van der Waals surface area contributed by atoms with Crippen molar-refractivity contribution in [2.24, 2.45) is 0 Å². The van der Waals surface area contributed by atoms with Gasteiger partial charge in [0.15, 0.2) is 5.89 Å². The third-order valence-corrected chi connectivity index (χ3v) is 1.74. The fourth-order valence-corrected chi connectivity index (χ4v) is 0.781. The zero-order chi connectivity index (χ0) is 8.32. The molecule has 0 aliphatic carbocycles. The minimum atomic E-state index is -1.19. The Labute approximate surface area is 65.4 Å². The van der Waals surface area contributed by atoms with Gasteiger partial charge in [-0.3, -0.25) is 0 Å². The Kier molecular flexibility index (Phi) is 2.27. The lowest BCUT2D eigenvalue weighted by Gasteiger charge is -2.14. The van der Waals surface area contributed by atoms with E-state index < -0.39 is 5.67 Å². The SMILES string of the molecule is CCC(C)(F)Cc1ncco1. The first-order valence-electron chi connectivity index (χ1n) is 3.71. The number of hydrogen-bond donors (Lipinski definition) is 0. The van der Waals surface area contributed by atoms with E-state index in [0.29, 0.717) is 12.3 Å². The second-order valence-electron chi connectivity index (χ2n) is 2.87. The molecule has 1 atom stereocenters. The van der Waals surface area contributed by atoms with Gasteiger partial charge in [0.1, 0.15) is 11.9 Å². The number of rotatable bonds is 3. The Balaban J connectivity index is 2.56. The predicted octanol–water partition coefficient (Wildman–Crippen LogP) is 2.36. The first kappa shape index (κ1) is 8.24. The minimum absolute atomic E-state index is 0.260. The van der Waals surface area contributed by atoms with Crippen LogP contribution in [0.25, 0.3) is 0 Å². The van der Waals surface area contributed by atoms with E-state index >= 15 is 0 Å². The van der Waals surface area contributed by atoms with Crippen LogP contribution in [0, 0.1) is 0 Å². The van der Waals surface area contributed by atoms with Gasteiger partial charge in [-0.25, -0.2) is 9.37 Å². The summed E-state index contributed by atoms with van der Waals surface area (Å²) in [6.45, 7) is 3.36. The van der Waals surface area contributed by atoms with E-state index in [-0.39, 0.29) is 6.42 Å². The van der Waals surface area contributed by atoms with Gasteiger partial charge in [-0.2, -0.15) is 0 Å². The number of halogens is 1. The van der Waals surface area contributed by atoms with Crippen molar-refractivity contribution in [3.05, 3.63) is 18.4 Å². The second-order valence-corrected chi connectivity index (χ2v) is 2.87. The molecule has 0 saturated heterocycles. The smallest absolute Gasteiger partial charge is 0.197 e. The Morgan fingerprint density at radius 2 is 2.45 bits per heavy atom. The monoisotopic (exact) mass is 157 g/mol. The Bertz CT molecular complexity index is 206. The molecule has 1 unspecified atom stereocenters. The molecule has 1 rings (SSSR count). The Morgan fingerprint density at radius 3 is 2.91 bits per heavy atom. The van der Waals surface area contributed by atoms with Crippen molar-refractivity contribution >= 4 is 0 Å². The highest BCUT2D eigenvalue weighted by Gasteiger charge is 2.22. The third kappa shape index (κ3) is 2.33. The van der Waals surface area contributed by atoms with E-state index in [1.807, 2.05) is 6.92 Å². The van der Waals surface area contributed by atoms with Crippen LogP contribution in [0.15, 0.2) is 16.9 Å². The van der Waals surface area contributed by atoms with E-state index in [1.165, 1.54) is 12.5 Å². The van der Waals surface area contributed by atoms with Crippen LogP contribution in [-0.2, 0) is 6.42 Å². The van der Waals surface area contributed by atoms with Crippen LogP contribution in [0.3, 0.4) is 0 Å².